The highest BCUT2D eigenvalue weighted by Crippen LogP contribution is 2.23. The van der Waals surface area contributed by atoms with Crippen molar-refractivity contribution < 1.29 is 19.2 Å². The molecule has 2 aromatic carbocycles. The first-order valence-corrected chi connectivity index (χ1v) is 7.95. The molecule has 0 saturated carbocycles. The van der Waals surface area contributed by atoms with Gasteiger partial charge in [-0.05, 0) is 31.2 Å². The third-order valence-corrected chi connectivity index (χ3v) is 4.16. The second kappa shape index (κ2) is 8.36. The molecule has 0 aliphatic heterocycles. The maximum absolute atomic E-state index is 12.5. The fourth-order valence-corrected chi connectivity index (χ4v) is 2.52. The minimum atomic E-state index is -0.222. The van der Waals surface area contributed by atoms with Crippen LogP contribution in [0, 0.1) is 0 Å². The number of methoxy groups -OCH3 is 2. The van der Waals surface area contributed by atoms with E-state index >= 15 is 0 Å². The summed E-state index contributed by atoms with van der Waals surface area (Å²) in [6.07, 6.45) is 0. The van der Waals surface area contributed by atoms with Crippen molar-refractivity contribution in [3.05, 3.63) is 54.1 Å². The molecule has 0 aromatic heterocycles. The van der Waals surface area contributed by atoms with Crippen molar-refractivity contribution in [1.82, 2.24) is 0 Å². The molecular weight excluding hydrogens is 304 g/mol. The summed E-state index contributed by atoms with van der Waals surface area (Å²) in [7, 11) is 5.25. The zero-order valence-corrected chi connectivity index (χ0v) is 14.6. The summed E-state index contributed by atoms with van der Waals surface area (Å²) < 4.78 is 10.7. The third kappa shape index (κ3) is 4.26. The summed E-state index contributed by atoms with van der Waals surface area (Å²) in [4.78, 5) is 13.6. The minimum absolute atomic E-state index is 0.0492. The van der Waals surface area contributed by atoms with Crippen LogP contribution in [0.2, 0.25) is 0 Å². The fraction of sp³-hybridized carbons (Fsp3) is 0.316. The molecule has 0 saturated heterocycles. The van der Waals surface area contributed by atoms with Gasteiger partial charge in [-0.2, -0.15) is 0 Å². The van der Waals surface area contributed by atoms with Crippen molar-refractivity contribution in [2.24, 2.45) is 0 Å². The number of carbonyl (C=O) groups is 1. The highest BCUT2D eigenvalue weighted by Gasteiger charge is 2.23. The number of amides is 1. The Morgan fingerprint density at radius 2 is 1.62 bits per heavy atom. The Bertz CT molecular complexity index is 688. The summed E-state index contributed by atoms with van der Waals surface area (Å²) in [5.74, 6) is 1.45. The van der Waals surface area contributed by atoms with E-state index in [0.29, 0.717) is 18.0 Å². The van der Waals surface area contributed by atoms with Crippen LogP contribution < -0.4 is 19.7 Å². The summed E-state index contributed by atoms with van der Waals surface area (Å²) >= 11 is 0. The van der Waals surface area contributed by atoms with E-state index in [0.717, 1.165) is 16.2 Å². The molecule has 2 atom stereocenters. The van der Waals surface area contributed by atoms with Gasteiger partial charge >= 0.3 is 0 Å². The van der Waals surface area contributed by atoms with Crippen LogP contribution in [-0.2, 0) is 11.3 Å². The first-order valence-electron chi connectivity index (χ1n) is 7.95. The highest BCUT2D eigenvalue weighted by molar-refractivity contribution is 5.94. The zero-order valence-electron chi connectivity index (χ0n) is 14.6. The smallest absolute Gasteiger partial charge is 0.282 e. The van der Waals surface area contributed by atoms with Gasteiger partial charge in [0.1, 0.15) is 18.0 Å². The molecule has 0 aliphatic rings. The van der Waals surface area contributed by atoms with E-state index < -0.39 is 0 Å². The Labute approximate surface area is 143 Å². The number of benzene rings is 2. The maximum Gasteiger partial charge on any atom is 0.282 e. The number of quaternary nitrogens is 1. The van der Waals surface area contributed by atoms with Crippen LogP contribution in [0.1, 0.15) is 12.5 Å². The van der Waals surface area contributed by atoms with Crippen molar-refractivity contribution >= 4 is 11.6 Å². The fourth-order valence-electron chi connectivity index (χ4n) is 2.52. The van der Waals surface area contributed by atoms with Gasteiger partial charge in [-0.15, -0.1) is 0 Å². The predicted molar refractivity (Wildman–Crippen MR) is 94.7 cm³/mol. The summed E-state index contributed by atoms with van der Waals surface area (Å²) in [5, 5.41) is 2.94. The monoisotopic (exact) mass is 329 g/mol. The SMILES string of the molecule is COc1ccccc1C[NH+](C)[C@@H](C)C(=O)Nc1ccccc1OC. The van der Waals surface area contributed by atoms with Gasteiger partial charge in [-0.1, -0.05) is 24.3 Å². The van der Waals surface area contributed by atoms with E-state index in [4.69, 9.17) is 9.47 Å². The van der Waals surface area contributed by atoms with Gasteiger partial charge in [-0.25, -0.2) is 0 Å². The molecule has 0 bridgehead atoms. The van der Waals surface area contributed by atoms with E-state index in [2.05, 4.69) is 5.32 Å². The second-order valence-corrected chi connectivity index (χ2v) is 5.75. The molecular formula is C19H25N2O3+. The van der Waals surface area contributed by atoms with Crippen molar-refractivity contribution in [2.75, 3.05) is 26.6 Å². The van der Waals surface area contributed by atoms with Gasteiger partial charge in [0.05, 0.1) is 27.0 Å². The predicted octanol–water partition coefficient (Wildman–Crippen LogP) is 1.75. The van der Waals surface area contributed by atoms with Crippen LogP contribution >= 0.6 is 0 Å². The molecule has 0 fully saturated rings. The standard InChI is InChI=1S/C19H24N2O3/c1-14(19(22)20-16-10-6-8-12-18(16)24-4)21(2)13-15-9-5-7-11-17(15)23-3/h5-12,14H,13H2,1-4H3,(H,20,22)/p+1/t14-/m0/s1. The zero-order chi connectivity index (χ0) is 17.5. The Balaban J connectivity index is 2.04. The van der Waals surface area contributed by atoms with E-state index in [1.54, 1.807) is 14.2 Å². The number of ether oxygens (including phenoxy) is 2. The largest absolute Gasteiger partial charge is 0.496 e. The van der Waals surface area contributed by atoms with E-state index in [1.165, 1.54) is 0 Å². The molecule has 2 aromatic rings. The molecule has 1 unspecified atom stereocenters. The lowest BCUT2D eigenvalue weighted by Gasteiger charge is -2.22. The third-order valence-electron chi connectivity index (χ3n) is 4.16. The lowest BCUT2D eigenvalue weighted by molar-refractivity contribution is -0.907. The topological polar surface area (TPSA) is 52.0 Å². The van der Waals surface area contributed by atoms with Crippen LogP contribution in [0.15, 0.2) is 48.5 Å². The number of anilines is 1. The number of likely N-dealkylation sites (N-methyl/N-ethyl adjacent to an activating group) is 1. The van der Waals surface area contributed by atoms with Crippen LogP contribution in [-0.4, -0.2) is 33.2 Å². The average molecular weight is 329 g/mol. The van der Waals surface area contributed by atoms with Gasteiger partial charge in [-0.3, -0.25) is 4.79 Å². The van der Waals surface area contributed by atoms with Crippen LogP contribution in [0.4, 0.5) is 5.69 Å². The second-order valence-electron chi connectivity index (χ2n) is 5.75. The Morgan fingerprint density at radius 1 is 1.04 bits per heavy atom. The van der Waals surface area contributed by atoms with Gasteiger partial charge < -0.3 is 19.7 Å². The number of para-hydroxylation sites is 3. The molecule has 0 aliphatic carbocycles. The molecule has 2 N–H and O–H groups in total. The normalized spacial score (nSPS) is 13.0. The first kappa shape index (κ1) is 17.8. The Kier molecular flexibility index (Phi) is 6.21. The summed E-state index contributed by atoms with van der Waals surface area (Å²) in [5.41, 5.74) is 1.76. The molecule has 0 radical (unpaired) electrons. The number of nitrogens with one attached hydrogen (secondary N) is 2. The van der Waals surface area contributed by atoms with Crippen molar-refractivity contribution in [3.63, 3.8) is 0 Å². The van der Waals surface area contributed by atoms with Crippen molar-refractivity contribution in [2.45, 2.75) is 19.5 Å². The van der Waals surface area contributed by atoms with E-state index in [1.807, 2.05) is 62.5 Å². The molecule has 0 heterocycles. The number of hydrogen-bond acceptors (Lipinski definition) is 3. The molecule has 128 valence electrons. The molecule has 2 rings (SSSR count). The quantitative estimate of drug-likeness (QED) is 0.814. The lowest BCUT2D eigenvalue weighted by Crippen LogP contribution is -3.12. The van der Waals surface area contributed by atoms with Gasteiger partial charge in [0.2, 0.25) is 0 Å². The molecule has 24 heavy (non-hydrogen) atoms. The van der Waals surface area contributed by atoms with Crippen molar-refractivity contribution in [1.29, 1.82) is 0 Å². The molecule has 5 heteroatoms. The van der Waals surface area contributed by atoms with E-state index in [-0.39, 0.29) is 11.9 Å². The molecule has 0 spiro atoms. The van der Waals surface area contributed by atoms with Gasteiger partial charge in [0.25, 0.3) is 5.91 Å². The summed E-state index contributed by atoms with van der Waals surface area (Å²) in [6.45, 7) is 2.61. The van der Waals surface area contributed by atoms with Crippen LogP contribution in [0.5, 0.6) is 11.5 Å². The van der Waals surface area contributed by atoms with Crippen LogP contribution in [0.3, 0.4) is 0 Å². The molecule has 1 amide bonds. The molecule has 5 nitrogen and oxygen atoms in total. The highest BCUT2D eigenvalue weighted by atomic mass is 16.5. The van der Waals surface area contributed by atoms with Crippen LogP contribution in [0.25, 0.3) is 0 Å². The summed E-state index contributed by atoms with van der Waals surface area (Å²) in [6, 6.07) is 15.0. The average Bonchev–Trinajstić information content (AvgIpc) is 2.61. The van der Waals surface area contributed by atoms with Crippen molar-refractivity contribution in [3.8, 4) is 11.5 Å². The van der Waals surface area contributed by atoms with Gasteiger partial charge in [0.15, 0.2) is 6.04 Å². The maximum atomic E-state index is 12.5. The number of carbonyl (C=O) groups excluding carboxylic acids is 1. The van der Waals surface area contributed by atoms with E-state index in [9.17, 15) is 4.79 Å². The number of hydrogen-bond donors (Lipinski definition) is 2. The first-order chi connectivity index (χ1) is 11.6. The number of rotatable bonds is 7. The Hall–Kier alpha value is -2.53. The van der Waals surface area contributed by atoms with Gasteiger partial charge in [0, 0.05) is 5.56 Å². The minimum Gasteiger partial charge on any atom is -0.496 e. The lowest BCUT2D eigenvalue weighted by atomic mass is 10.1. The Morgan fingerprint density at radius 3 is 2.29 bits per heavy atom.